The van der Waals surface area contributed by atoms with Gasteiger partial charge >= 0.3 is 51.4 Å². The first kappa shape index (κ1) is 11.8. The number of aromatic carboxylic acids is 1. The molecule has 2 heterocycles. The smallest absolute Gasteiger partial charge is 0.543 e. The number of H-pyrrole nitrogens is 1. The van der Waals surface area contributed by atoms with Gasteiger partial charge < -0.3 is 14.9 Å². The van der Waals surface area contributed by atoms with Crippen molar-refractivity contribution in [1.29, 1.82) is 0 Å². The molecule has 0 radical (unpaired) electrons. The Balaban J connectivity index is 0.000000980. The minimum absolute atomic E-state index is 0. The molecule has 2 rings (SSSR count). The molecule has 0 bridgehead atoms. The number of nitrogens with one attached hydrogen (secondary N) is 1. The maximum atomic E-state index is 10.6. The summed E-state index contributed by atoms with van der Waals surface area (Å²) in [5, 5.41) is 11.2. The Bertz CT molecular complexity index is 480. The van der Waals surface area contributed by atoms with Gasteiger partial charge in [-0.2, -0.15) is 0 Å². The van der Waals surface area contributed by atoms with Gasteiger partial charge in [0.25, 0.3) is 0 Å². The molecule has 0 atom stereocenters. The van der Waals surface area contributed by atoms with Crippen LogP contribution in [0.3, 0.4) is 0 Å². The van der Waals surface area contributed by atoms with Crippen LogP contribution in [0.2, 0.25) is 0 Å². The Labute approximate surface area is 122 Å². The number of fused-ring (bicyclic) bond motifs is 1. The second-order valence-corrected chi connectivity index (χ2v) is 2.71. The zero-order chi connectivity index (χ0) is 9.42. The summed E-state index contributed by atoms with van der Waals surface area (Å²) in [6, 6.07) is 0. The van der Waals surface area contributed by atoms with Gasteiger partial charge in [0.2, 0.25) is 0 Å². The van der Waals surface area contributed by atoms with Crippen LogP contribution >= 0.6 is 0 Å². The van der Waals surface area contributed by atoms with E-state index in [0.29, 0.717) is 11.0 Å². The normalized spacial score (nSPS) is 9.79. The summed E-state index contributed by atoms with van der Waals surface area (Å²) < 4.78 is 0. The summed E-state index contributed by atoms with van der Waals surface area (Å²) >= 11 is 0. The van der Waals surface area contributed by atoms with E-state index in [4.69, 9.17) is 0 Å². The first-order chi connectivity index (χ1) is 6.20. The van der Waals surface area contributed by atoms with E-state index in [9.17, 15) is 9.90 Å². The molecular formula is C8H6KN3O2. The second-order valence-electron chi connectivity index (χ2n) is 2.71. The van der Waals surface area contributed by atoms with Crippen LogP contribution < -0.4 is 56.5 Å². The summed E-state index contributed by atoms with van der Waals surface area (Å²) in [6.45, 7) is 1.79. The number of carbonyl (C=O) groups excluding carboxylic acids is 1. The fourth-order valence-corrected chi connectivity index (χ4v) is 1.27. The molecule has 66 valence electrons. The molecule has 0 aliphatic carbocycles. The molecule has 5 nitrogen and oxygen atoms in total. The van der Waals surface area contributed by atoms with Crippen LogP contribution in [0.25, 0.3) is 11.0 Å². The van der Waals surface area contributed by atoms with Crippen molar-refractivity contribution in [2.75, 3.05) is 0 Å². The van der Waals surface area contributed by atoms with Crippen LogP contribution in [0, 0.1) is 6.92 Å². The molecular weight excluding hydrogens is 209 g/mol. The molecule has 0 aromatic carbocycles. The molecule has 2 aromatic rings. The van der Waals surface area contributed by atoms with E-state index in [1.807, 2.05) is 0 Å². The number of aromatic nitrogens is 3. The topological polar surface area (TPSA) is 81.7 Å². The van der Waals surface area contributed by atoms with Crippen LogP contribution in [-0.2, 0) is 0 Å². The van der Waals surface area contributed by atoms with Gasteiger partial charge in [-0.1, -0.05) is 0 Å². The number of rotatable bonds is 1. The minimum atomic E-state index is -1.28. The van der Waals surface area contributed by atoms with Crippen molar-refractivity contribution in [2.24, 2.45) is 0 Å². The third-order valence-corrected chi connectivity index (χ3v) is 1.86. The SMILES string of the molecule is Cc1c[nH]c2ncnc(C(=O)[O-])c12.[K+]. The van der Waals surface area contributed by atoms with E-state index >= 15 is 0 Å². The van der Waals surface area contributed by atoms with Gasteiger partial charge in [0.15, 0.2) is 0 Å². The fourth-order valence-electron chi connectivity index (χ4n) is 1.27. The van der Waals surface area contributed by atoms with Gasteiger partial charge in [-0.15, -0.1) is 0 Å². The van der Waals surface area contributed by atoms with E-state index in [-0.39, 0.29) is 57.1 Å². The molecule has 0 saturated carbocycles. The summed E-state index contributed by atoms with van der Waals surface area (Å²) in [7, 11) is 0. The number of carboxylic acids is 1. The van der Waals surface area contributed by atoms with Gasteiger partial charge in [-0.3, -0.25) is 0 Å². The van der Waals surface area contributed by atoms with Crippen molar-refractivity contribution in [1.82, 2.24) is 15.0 Å². The summed E-state index contributed by atoms with van der Waals surface area (Å²) in [5.41, 5.74) is 1.25. The fraction of sp³-hybridized carbons (Fsp3) is 0.125. The molecule has 0 aliphatic heterocycles. The molecule has 0 fully saturated rings. The van der Waals surface area contributed by atoms with Crippen molar-refractivity contribution >= 4 is 17.0 Å². The van der Waals surface area contributed by atoms with E-state index in [0.717, 1.165) is 5.56 Å². The Morgan fingerprint density at radius 2 is 2.21 bits per heavy atom. The average molecular weight is 215 g/mol. The molecule has 2 aromatic heterocycles. The van der Waals surface area contributed by atoms with E-state index < -0.39 is 5.97 Å². The third kappa shape index (κ3) is 1.89. The van der Waals surface area contributed by atoms with Crippen LogP contribution in [0.1, 0.15) is 16.1 Å². The van der Waals surface area contributed by atoms with Gasteiger partial charge in [0.1, 0.15) is 12.0 Å². The number of carbonyl (C=O) groups is 1. The second kappa shape index (κ2) is 4.50. The van der Waals surface area contributed by atoms with E-state index in [1.54, 1.807) is 13.1 Å². The van der Waals surface area contributed by atoms with Gasteiger partial charge in [-0.05, 0) is 12.5 Å². The van der Waals surface area contributed by atoms with Gasteiger partial charge in [0, 0.05) is 11.6 Å². The third-order valence-electron chi connectivity index (χ3n) is 1.86. The maximum Gasteiger partial charge on any atom is 1.00 e. The molecule has 0 spiro atoms. The van der Waals surface area contributed by atoms with Crippen LogP contribution in [0.15, 0.2) is 12.5 Å². The molecule has 1 N–H and O–H groups in total. The van der Waals surface area contributed by atoms with Crippen LogP contribution in [-0.4, -0.2) is 20.9 Å². The predicted octanol–water partition coefficient (Wildman–Crippen LogP) is -3.37. The Hall–Kier alpha value is -0.274. The molecule has 0 aliphatic rings. The molecule has 6 heteroatoms. The minimum Gasteiger partial charge on any atom is -0.543 e. The van der Waals surface area contributed by atoms with Crippen molar-refractivity contribution in [3.8, 4) is 0 Å². The van der Waals surface area contributed by atoms with Gasteiger partial charge in [0.05, 0.1) is 11.7 Å². The summed E-state index contributed by atoms with van der Waals surface area (Å²) in [4.78, 5) is 21.0. The first-order valence-electron chi connectivity index (χ1n) is 3.70. The largest absolute Gasteiger partial charge is 1.00 e. The Kier molecular flexibility index (Phi) is 3.79. The molecule has 0 unspecified atom stereocenters. The van der Waals surface area contributed by atoms with E-state index in [2.05, 4.69) is 15.0 Å². The van der Waals surface area contributed by atoms with Crippen LogP contribution in [0.5, 0.6) is 0 Å². The summed E-state index contributed by atoms with van der Waals surface area (Å²) in [6.07, 6.45) is 2.88. The number of aryl methyl sites for hydroxylation is 1. The number of carboxylic acid groups (broad SMARTS) is 1. The zero-order valence-electron chi connectivity index (χ0n) is 7.87. The van der Waals surface area contributed by atoms with Crippen molar-refractivity contribution in [2.45, 2.75) is 6.92 Å². The number of hydrogen-bond acceptors (Lipinski definition) is 4. The number of nitrogens with zero attached hydrogens (tertiary/aromatic N) is 2. The number of aromatic amines is 1. The molecule has 0 saturated heterocycles. The number of hydrogen-bond donors (Lipinski definition) is 1. The first-order valence-corrected chi connectivity index (χ1v) is 3.70. The van der Waals surface area contributed by atoms with Crippen LogP contribution in [0.4, 0.5) is 0 Å². The Morgan fingerprint density at radius 1 is 1.50 bits per heavy atom. The quantitative estimate of drug-likeness (QED) is 0.504. The van der Waals surface area contributed by atoms with Crippen molar-refractivity contribution in [3.05, 3.63) is 23.8 Å². The molecule has 14 heavy (non-hydrogen) atoms. The van der Waals surface area contributed by atoms with Crippen molar-refractivity contribution in [3.63, 3.8) is 0 Å². The molecule has 0 amide bonds. The maximum absolute atomic E-state index is 10.6. The van der Waals surface area contributed by atoms with Crippen molar-refractivity contribution < 1.29 is 61.3 Å². The monoisotopic (exact) mass is 215 g/mol. The zero-order valence-corrected chi connectivity index (χ0v) is 11.0. The summed E-state index contributed by atoms with van der Waals surface area (Å²) in [5.74, 6) is -1.28. The average Bonchev–Trinajstić information content (AvgIpc) is 2.48. The van der Waals surface area contributed by atoms with E-state index in [1.165, 1.54) is 6.33 Å². The predicted molar refractivity (Wildman–Crippen MR) is 43.0 cm³/mol. The standard InChI is InChI=1S/C8H7N3O2.K/c1-4-2-9-7-5(4)6(8(12)13)10-3-11-7;/h2-3H,1H3,(H,12,13)(H,9,10,11);/q;+1/p-1. The van der Waals surface area contributed by atoms with Gasteiger partial charge in [-0.25, -0.2) is 9.97 Å². The Morgan fingerprint density at radius 3 is 2.86 bits per heavy atom.